The topological polar surface area (TPSA) is 58.6 Å². The minimum atomic E-state index is -3.62. The van der Waals surface area contributed by atoms with Gasteiger partial charge in [0.05, 0.1) is 12.0 Å². The van der Waals surface area contributed by atoms with E-state index in [4.69, 9.17) is 4.74 Å². The number of sulfonamides is 1. The molecule has 0 amide bonds. The van der Waals surface area contributed by atoms with Crippen molar-refractivity contribution in [1.29, 1.82) is 0 Å². The summed E-state index contributed by atoms with van der Waals surface area (Å²) in [7, 11) is -1.96. The van der Waals surface area contributed by atoms with E-state index in [1.165, 1.54) is 0 Å². The molecule has 2 aromatic carbocycles. The number of hydrogen-bond donors (Lipinski definition) is 1. The van der Waals surface area contributed by atoms with Crippen molar-refractivity contribution in [1.82, 2.24) is 4.90 Å². The smallest absolute Gasteiger partial charge is 0.261 e. The lowest BCUT2D eigenvalue weighted by atomic mass is 9.97. The van der Waals surface area contributed by atoms with Gasteiger partial charge in [0.25, 0.3) is 10.0 Å². The van der Waals surface area contributed by atoms with Gasteiger partial charge in [0.2, 0.25) is 0 Å². The first-order valence-electron chi connectivity index (χ1n) is 9.42. The lowest BCUT2D eigenvalue weighted by Crippen LogP contribution is -2.21. The van der Waals surface area contributed by atoms with E-state index in [2.05, 4.69) is 16.5 Å². The van der Waals surface area contributed by atoms with Crippen LogP contribution in [0.3, 0.4) is 0 Å². The highest BCUT2D eigenvalue weighted by molar-refractivity contribution is 7.92. The fourth-order valence-electron chi connectivity index (χ4n) is 3.72. The first-order chi connectivity index (χ1) is 12.9. The van der Waals surface area contributed by atoms with Gasteiger partial charge in [0.1, 0.15) is 5.75 Å². The Kier molecular flexibility index (Phi) is 6.07. The molecule has 146 valence electrons. The van der Waals surface area contributed by atoms with Crippen molar-refractivity contribution < 1.29 is 13.2 Å². The lowest BCUT2D eigenvalue weighted by molar-refractivity contribution is 0.333. The second-order valence-corrected chi connectivity index (χ2v) is 8.85. The molecule has 1 heterocycles. The normalized spacial score (nSPS) is 17.8. The molecule has 0 radical (unpaired) electrons. The summed E-state index contributed by atoms with van der Waals surface area (Å²) in [6, 6.07) is 12.5. The summed E-state index contributed by atoms with van der Waals surface area (Å²) in [5, 5.41) is 0. The molecule has 0 aromatic heterocycles. The van der Waals surface area contributed by atoms with E-state index in [1.807, 2.05) is 25.1 Å². The fourth-order valence-corrected chi connectivity index (χ4v) is 4.87. The largest absolute Gasteiger partial charge is 0.496 e. The molecule has 0 aliphatic carbocycles. The zero-order chi connectivity index (χ0) is 19.4. The van der Waals surface area contributed by atoms with Crippen LogP contribution in [0.25, 0.3) is 0 Å². The molecule has 0 spiro atoms. The highest BCUT2D eigenvalue weighted by Gasteiger charge is 2.26. The Morgan fingerprint density at radius 1 is 1.22 bits per heavy atom. The molecule has 0 saturated carbocycles. The Labute approximate surface area is 162 Å². The maximum absolute atomic E-state index is 12.7. The third-order valence-electron chi connectivity index (χ3n) is 5.03. The van der Waals surface area contributed by atoms with Crippen molar-refractivity contribution in [3.63, 3.8) is 0 Å². The number of ether oxygens (including phenoxy) is 1. The fraction of sp³-hybridized carbons (Fsp3) is 0.429. The molecule has 1 N–H and O–H groups in total. The minimum Gasteiger partial charge on any atom is -0.496 e. The summed E-state index contributed by atoms with van der Waals surface area (Å²) in [6.07, 6.45) is 2.20. The summed E-state index contributed by atoms with van der Waals surface area (Å²) in [5.41, 5.74) is 2.55. The van der Waals surface area contributed by atoms with Crippen LogP contribution in [0.5, 0.6) is 5.75 Å². The molecule has 27 heavy (non-hydrogen) atoms. The number of anilines is 1. The van der Waals surface area contributed by atoms with Crippen molar-refractivity contribution in [3.05, 3.63) is 53.6 Å². The highest BCUT2D eigenvalue weighted by Crippen LogP contribution is 2.36. The van der Waals surface area contributed by atoms with Crippen LogP contribution in [-0.2, 0) is 10.0 Å². The maximum atomic E-state index is 12.7. The summed E-state index contributed by atoms with van der Waals surface area (Å²) in [4.78, 5) is 2.73. The lowest BCUT2D eigenvalue weighted by Gasteiger charge is -2.18. The summed E-state index contributed by atoms with van der Waals surface area (Å²) in [6.45, 7) is 7.22. The molecule has 1 unspecified atom stereocenters. The van der Waals surface area contributed by atoms with Crippen LogP contribution in [0.4, 0.5) is 5.69 Å². The summed E-state index contributed by atoms with van der Waals surface area (Å²) >= 11 is 0. The molecule has 1 atom stereocenters. The Morgan fingerprint density at radius 3 is 2.74 bits per heavy atom. The monoisotopic (exact) mass is 388 g/mol. The van der Waals surface area contributed by atoms with E-state index in [0.717, 1.165) is 49.4 Å². The third-order valence-corrected chi connectivity index (χ3v) is 6.41. The van der Waals surface area contributed by atoms with Crippen LogP contribution in [0.2, 0.25) is 0 Å². The van der Waals surface area contributed by atoms with Gasteiger partial charge in [-0.15, -0.1) is 0 Å². The Balaban J connectivity index is 1.85. The van der Waals surface area contributed by atoms with E-state index in [-0.39, 0.29) is 4.90 Å². The third kappa shape index (κ3) is 4.62. The summed E-state index contributed by atoms with van der Waals surface area (Å²) in [5.74, 6) is 1.17. The standard InChI is InChI=1S/C21H28N2O3S/c1-4-11-23-12-10-17(15-23)20-14-18(8-9-21(20)26-3)22-27(24,25)19-7-5-6-16(2)13-19/h5-9,13-14,17,22H,4,10-12,15H2,1-3H3. The number of nitrogens with zero attached hydrogens (tertiary/aromatic N) is 1. The maximum Gasteiger partial charge on any atom is 0.261 e. The number of nitrogens with one attached hydrogen (secondary N) is 1. The average molecular weight is 389 g/mol. The molecule has 1 fully saturated rings. The van der Waals surface area contributed by atoms with Gasteiger partial charge in [-0.2, -0.15) is 0 Å². The van der Waals surface area contributed by atoms with Crippen LogP contribution in [0.15, 0.2) is 47.4 Å². The van der Waals surface area contributed by atoms with Crippen molar-refractivity contribution >= 4 is 15.7 Å². The zero-order valence-electron chi connectivity index (χ0n) is 16.2. The van der Waals surface area contributed by atoms with Gasteiger partial charge in [0, 0.05) is 23.7 Å². The van der Waals surface area contributed by atoms with Gasteiger partial charge in [-0.25, -0.2) is 8.42 Å². The van der Waals surface area contributed by atoms with Crippen LogP contribution in [0.1, 0.15) is 36.8 Å². The Morgan fingerprint density at radius 2 is 2.04 bits per heavy atom. The van der Waals surface area contributed by atoms with Crippen LogP contribution >= 0.6 is 0 Å². The average Bonchev–Trinajstić information content (AvgIpc) is 3.10. The van der Waals surface area contributed by atoms with Crippen molar-refractivity contribution in [3.8, 4) is 5.75 Å². The second-order valence-electron chi connectivity index (χ2n) is 7.16. The predicted octanol–water partition coefficient (Wildman–Crippen LogP) is 4.00. The molecule has 1 saturated heterocycles. The molecule has 1 aliphatic heterocycles. The van der Waals surface area contributed by atoms with Gasteiger partial charge < -0.3 is 9.64 Å². The van der Waals surface area contributed by atoms with Crippen molar-refractivity contribution in [2.45, 2.75) is 37.5 Å². The number of likely N-dealkylation sites (tertiary alicyclic amines) is 1. The van der Waals surface area contributed by atoms with Gasteiger partial charge in [-0.05, 0) is 68.8 Å². The number of rotatable bonds is 7. The molecule has 6 heteroatoms. The molecule has 2 aromatic rings. The summed E-state index contributed by atoms with van der Waals surface area (Å²) < 4.78 is 33.7. The van der Waals surface area contributed by atoms with Gasteiger partial charge in [0.15, 0.2) is 0 Å². The predicted molar refractivity (Wildman–Crippen MR) is 109 cm³/mol. The van der Waals surface area contributed by atoms with Gasteiger partial charge in [-0.1, -0.05) is 19.1 Å². The van der Waals surface area contributed by atoms with Crippen molar-refractivity contribution in [2.75, 3.05) is 31.5 Å². The number of hydrogen-bond acceptors (Lipinski definition) is 4. The zero-order valence-corrected chi connectivity index (χ0v) is 17.1. The Hall–Kier alpha value is -2.05. The number of benzene rings is 2. The number of aryl methyl sites for hydroxylation is 1. The Bertz CT molecular complexity index is 896. The number of methoxy groups -OCH3 is 1. The first-order valence-corrected chi connectivity index (χ1v) is 10.9. The van der Waals surface area contributed by atoms with E-state index < -0.39 is 10.0 Å². The van der Waals surface area contributed by atoms with Crippen LogP contribution < -0.4 is 9.46 Å². The minimum absolute atomic E-state index is 0.273. The van der Waals surface area contributed by atoms with Crippen LogP contribution in [0, 0.1) is 6.92 Å². The highest BCUT2D eigenvalue weighted by atomic mass is 32.2. The second kappa shape index (κ2) is 8.31. The molecule has 1 aliphatic rings. The molecular formula is C21H28N2O3S. The van der Waals surface area contributed by atoms with E-state index in [0.29, 0.717) is 11.6 Å². The van der Waals surface area contributed by atoms with Gasteiger partial charge in [-0.3, -0.25) is 4.72 Å². The molecule has 5 nitrogen and oxygen atoms in total. The molecular weight excluding hydrogens is 360 g/mol. The van der Waals surface area contributed by atoms with E-state index in [1.54, 1.807) is 31.4 Å². The van der Waals surface area contributed by atoms with Gasteiger partial charge >= 0.3 is 0 Å². The first kappa shape index (κ1) is 19.7. The van der Waals surface area contributed by atoms with E-state index >= 15 is 0 Å². The van der Waals surface area contributed by atoms with Crippen LogP contribution in [-0.4, -0.2) is 40.1 Å². The quantitative estimate of drug-likeness (QED) is 0.779. The SMILES string of the molecule is CCCN1CCC(c2cc(NS(=O)(=O)c3cccc(C)c3)ccc2OC)C1. The molecule has 0 bridgehead atoms. The molecule has 3 rings (SSSR count). The van der Waals surface area contributed by atoms with Crippen molar-refractivity contribution in [2.24, 2.45) is 0 Å². The van der Waals surface area contributed by atoms with E-state index in [9.17, 15) is 8.42 Å².